The Kier molecular flexibility index (Phi) is 13.0. The van der Waals surface area contributed by atoms with Gasteiger partial charge in [0.05, 0.1) is 0 Å². The molecule has 2 N–H and O–H groups in total. The summed E-state index contributed by atoms with van der Waals surface area (Å²) in [5.74, 6) is 2.41. The quantitative estimate of drug-likeness (QED) is 0.252. The molecule has 0 aliphatic heterocycles. The Balaban J connectivity index is 0.00000484. The van der Waals surface area contributed by atoms with Crippen molar-refractivity contribution in [3.63, 3.8) is 0 Å². The van der Waals surface area contributed by atoms with E-state index in [1.807, 2.05) is 0 Å². The molecule has 1 rings (SSSR count). The average Bonchev–Trinajstić information content (AvgIpc) is 2.95. The predicted octanol–water partition coefficient (Wildman–Crippen LogP) is 1.69. The third kappa shape index (κ3) is 9.75. The number of aliphatic imine (C=N–C) groups is 1. The molecule has 23 heavy (non-hydrogen) atoms. The molecule has 0 saturated heterocycles. The first-order valence-electron chi connectivity index (χ1n) is 8.05. The lowest BCUT2D eigenvalue weighted by Crippen LogP contribution is -2.40. The largest absolute Gasteiger partial charge is 0.385 e. The van der Waals surface area contributed by atoms with E-state index >= 15 is 0 Å². The number of guanidine groups is 1. The molecule has 0 fully saturated rings. The number of ether oxygens (including phenoxy) is 1. The lowest BCUT2D eigenvalue weighted by Gasteiger charge is -2.14. The smallest absolute Gasteiger partial charge is 0.191 e. The molecule has 134 valence electrons. The highest BCUT2D eigenvalue weighted by atomic mass is 127. The number of nitrogens with zero attached hydrogens (tertiary/aromatic N) is 4. The highest BCUT2D eigenvalue weighted by Gasteiger charge is 2.03. The van der Waals surface area contributed by atoms with Crippen molar-refractivity contribution in [2.45, 2.75) is 40.2 Å². The van der Waals surface area contributed by atoms with Gasteiger partial charge >= 0.3 is 0 Å². The van der Waals surface area contributed by atoms with Crippen LogP contribution in [0.4, 0.5) is 0 Å². The van der Waals surface area contributed by atoms with Crippen LogP contribution in [0.1, 0.15) is 33.0 Å². The van der Waals surface area contributed by atoms with Gasteiger partial charge in [0.1, 0.15) is 12.2 Å². The molecule has 0 atom stereocenters. The number of aryl methyl sites for hydroxylation is 1. The van der Waals surface area contributed by atoms with Crippen molar-refractivity contribution < 1.29 is 4.74 Å². The second-order valence-corrected chi connectivity index (χ2v) is 5.58. The van der Waals surface area contributed by atoms with E-state index in [1.54, 1.807) is 13.4 Å². The summed E-state index contributed by atoms with van der Waals surface area (Å²) in [5.41, 5.74) is 0. The van der Waals surface area contributed by atoms with Crippen LogP contribution in [0.2, 0.25) is 0 Å². The minimum absolute atomic E-state index is 0. The molecule has 0 unspecified atom stereocenters. The summed E-state index contributed by atoms with van der Waals surface area (Å²) in [7, 11) is 1.72. The highest BCUT2D eigenvalue weighted by Crippen LogP contribution is 1.95. The van der Waals surface area contributed by atoms with Gasteiger partial charge in [-0.05, 0) is 12.3 Å². The molecule has 0 amide bonds. The van der Waals surface area contributed by atoms with Gasteiger partial charge in [-0.2, -0.15) is 0 Å². The van der Waals surface area contributed by atoms with Crippen LogP contribution in [0.3, 0.4) is 0 Å². The molecule has 0 spiro atoms. The van der Waals surface area contributed by atoms with Gasteiger partial charge in [-0.1, -0.05) is 20.8 Å². The van der Waals surface area contributed by atoms with Gasteiger partial charge in [0, 0.05) is 46.3 Å². The molecule has 0 aliphatic carbocycles. The van der Waals surface area contributed by atoms with Gasteiger partial charge in [0.15, 0.2) is 5.96 Å². The molecule has 1 aromatic heterocycles. The Labute approximate surface area is 156 Å². The summed E-state index contributed by atoms with van der Waals surface area (Å²) in [6.45, 7) is 10.5. The van der Waals surface area contributed by atoms with E-state index in [4.69, 9.17) is 4.74 Å². The molecule has 7 nitrogen and oxygen atoms in total. The number of hydrogen-bond donors (Lipinski definition) is 2. The fourth-order valence-corrected chi connectivity index (χ4v) is 1.91. The number of aromatic nitrogens is 3. The van der Waals surface area contributed by atoms with Crippen molar-refractivity contribution in [3.8, 4) is 0 Å². The fourth-order valence-electron chi connectivity index (χ4n) is 1.91. The van der Waals surface area contributed by atoms with Crippen LogP contribution in [-0.2, 0) is 17.7 Å². The van der Waals surface area contributed by atoms with E-state index < -0.39 is 0 Å². The van der Waals surface area contributed by atoms with Crippen LogP contribution in [0.5, 0.6) is 0 Å². The summed E-state index contributed by atoms with van der Waals surface area (Å²) >= 11 is 0. The average molecular weight is 438 g/mol. The van der Waals surface area contributed by atoms with Crippen molar-refractivity contribution in [1.82, 2.24) is 25.4 Å². The predicted molar refractivity (Wildman–Crippen MR) is 104 cm³/mol. The Morgan fingerprint density at radius 1 is 1.35 bits per heavy atom. The van der Waals surface area contributed by atoms with E-state index in [0.717, 1.165) is 57.4 Å². The van der Waals surface area contributed by atoms with Crippen LogP contribution in [-0.4, -0.2) is 54.1 Å². The van der Waals surface area contributed by atoms with Gasteiger partial charge in [0.2, 0.25) is 0 Å². The standard InChI is InChI=1S/C15H30N6O.HI/c1-5-14-20-19-12-21(14)9-8-17-15(18-11-13(2)3)16-7-6-10-22-4;/h12-13H,5-11H2,1-4H3,(H2,16,17,18);1H. The normalized spacial score (nSPS) is 11.4. The molecule has 0 aromatic carbocycles. The van der Waals surface area contributed by atoms with Crippen molar-refractivity contribution in [1.29, 1.82) is 0 Å². The van der Waals surface area contributed by atoms with Gasteiger partial charge in [-0.25, -0.2) is 0 Å². The number of methoxy groups -OCH3 is 1. The van der Waals surface area contributed by atoms with E-state index in [2.05, 4.69) is 51.2 Å². The maximum Gasteiger partial charge on any atom is 0.191 e. The zero-order valence-corrected chi connectivity index (χ0v) is 17.0. The SMILES string of the molecule is CCc1nncn1CCNC(=NCC(C)C)NCCCOC.I. The van der Waals surface area contributed by atoms with Gasteiger partial charge in [-0.3, -0.25) is 4.99 Å². The summed E-state index contributed by atoms with van der Waals surface area (Å²) in [5, 5.41) is 14.7. The third-order valence-corrected chi connectivity index (χ3v) is 3.09. The summed E-state index contributed by atoms with van der Waals surface area (Å²) in [6.07, 6.45) is 3.63. The van der Waals surface area contributed by atoms with Crippen LogP contribution < -0.4 is 10.6 Å². The second-order valence-electron chi connectivity index (χ2n) is 5.58. The summed E-state index contributed by atoms with van der Waals surface area (Å²) < 4.78 is 7.13. The Bertz CT molecular complexity index is 435. The second kappa shape index (κ2) is 13.5. The van der Waals surface area contributed by atoms with Crippen molar-refractivity contribution in [3.05, 3.63) is 12.2 Å². The molecular weight excluding hydrogens is 407 g/mol. The molecule has 8 heteroatoms. The number of halogens is 1. The molecule has 0 radical (unpaired) electrons. The summed E-state index contributed by atoms with van der Waals surface area (Å²) in [6, 6.07) is 0. The van der Waals surface area contributed by atoms with E-state index in [9.17, 15) is 0 Å². The maximum atomic E-state index is 5.06. The summed E-state index contributed by atoms with van der Waals surface area (Å²) in [4.78, 5) is 4.60. The first-order valence-corrected chi connectivity index (χ1v) is 8.05. The Morgan fingerprint density at radius 3 is 2.74 bits per heavy atom. The minimum atomic E-state index is 0. The van der Waals surface area contributed by atoms with Crippen molar-refractivity contribution >= 4 is 29.9 Å². The molecular formula is C15H31IN6O. The molecule has 1 heterocycles. The zero-order chi connectivity index (χ0) is 16.2. The highest BCUT2D eigenvalue weighted by molar-refractivity contribution is 14.0. The van der Waals surface area contributed by atoms with Crippen LogP contribution in [0.25, 0.3) is 0 Å². The first-order chi connectivity index (χ1) is 10.7. The minimum Gasteiger partial charge on any atom is -0.385 e. The van der Waals surface area contributed by atoms with Crippen LogP contribution in [0.15, 0.2) is 11.3 Å². The van der Waals surface area contributed by atoms with Crippen LogP contribution >= 0.6 is 24.0 Å². The van der Waals surface area contributed by atoms with Crippen molar-refractivity contribution in [2.24, 2.45) is 10.9 Å². The first kappa shape index (κ1) is 22.1. The monoisotopic (exact) mass is 438 g/mol. The van der Waals surface area contributed by atoms with Crippen molar-refractivity contribution in [2.75, 3.05) is 33.4 Å². The molecule has 0 bridgehead atoms. The molecule has 1 aromatic rings. The number of hydrogen-bond acceptors (Lipinski definition) is 4. The molecule has 0 aliphatic rings. The van der Waals surface area contributed by atoms with E-state index in [-0.39, 0.29) is 24.0 Å². The third-order valence-electron chi connectivity index (χ3n) is 3.09. The van der Waals surface area contributed by atoms with Gasteiger partial charge in [0.25, 0.3) is 0 Å². The van der Waals surface area contributed by atoms with Crippen LogP contribution in [0, 0.1) is 5.92 Å². The maximum absolute atomic E-state index is 5.06. The topological polar surface area (TPSA) is 76.4 Å². The fraction of sp³-hybridized carbons (Fsp3) is 0.800. The van der Waals surface area contributed by atoms with Gasteiger partial charge < -0.3 is 19.9 Å². The number of nitrogens with one attached hydrogen (secondary N) is 2. The van der Waals surface area contributed by atoms with Gasteiger partial charge in [-0.15, -0.1) is 34.2 Å². The Hall–Kier alpha value is -0.900. The lowest BCUT2D eigenvalue weighted by molar-refractivity contribution is 0.195. The molecule has 0 saturated carbocycles. The zero-order valence-electron chi connectivity index (χ0n) is 14.7. The lowest BCUT2D eigenvalue weighted by atomic mass is 10.2. The van der Waals surface area contributed by atoms with E-state index in [0.29, 0.717) is 5.92 Å². The Morgan fingerprint density at radius 2 is 2.09 bits per heavy atom. The van der Waals surface area contributed by atoms with E-state index in [1.165, 1.54) is 0 Å². The number of rotatable bonds is 10.